The molecule has 0 saturated carbocycles. The Hall–Kier alpha value is -1.48. The van der Waals surface area contributed by atoms with Crippen molar-refractivity contribution in [2.75, 3.05) is 0 Å². The van der Waals surface area contributed by atoms with E-state index in [1.165, 1.54) is 6.08 Å². The van der Waals surface area contributed by atoms with Crippen LogP contribution in [0.3, 0.4) is 0 Å². The summed E-state index contributed by atoms with van der Waals surface area (Å²) in [6, 6.07) is 13.5. The van der Waals surface area contributed by atoms with Crippen molar-refractivity contribution in [3.05, 3.63) is 53.7 Å². The summed E-state index contributed by atoms with van der Waals surface area (Å²) in [5.41, 5.74) is 1.91. The lowest BCUT2D eigenvalue weighted by molar-refractivity contribution is 0.683. The number of rotatable bonds is 2. The Kier molecular flexibility index (Phi) is 2.92. The summed E-state index contributed by atoms with van der Waals surface area (Å²) in [4.78, 5) is 0. The maximum absolute atomic E-state index is 12.2. The maximum Gasteiger partial charge on any atom is 0.434 e. The zero-order valence-corrected chi connectivity index (χ0v) is 9.18. The summed E-state index contributed by atoms with van der Waals surface area (Å²) in [6.45, 7) is 0. The second kappa shape index (κ2) is 4.36. The third-order valence-corrected chi connectivity index (χ3v) is 2.73. The van der Waals surface area contributed by atoms with Gasteiger partial charge in [-0.15, -0.1) is 0 Å². The molecule has 3 heteroatoms. The molecule has 15 heavy (non-hydrogen) atoms. The van der Waals surface area contributed by atoms with Crippen LogP contribution < -0.4 is 0 Å². The lowest BCUT2D eigenvalue weighted by Crippen LogP contribution is -1.88. The van der Waals surface area contributed by atoms with E-state index in [0.717, 1.165) is 22.0 Å². The summed E-state index contributed by atoms with van der Waals surface area (Å²) >= 11 is 0. The molecule has 0 aliphatic carbocycles. The molecule has 0 N–H and O–H groups in total. The van der Waals surface area contributed by atoms with Gasteiger partial charge >= 0.3 is 9.46 Å². The van der Waals surface area contributed by atoms with Gasteiger partial charge in [0.25, 0.3) is 0 Å². The van der Waals surface area contributed by atoms with E-state index in [-0.39, 0.29) is 0 Å². The van der Waals surface area contributed by atoms with Gasteiger partial charge in [-0.05, 0) is 22.0 Å². The molecule has 0 saturated heterocycles. The van der Waals surface area contributed by atoms with Crippen molar-refractivity contribution < 1.29 is 8.22 Å². The molecule has 0 unspecified atom stereocenters. The van der Waals surface area contributed by atoms with Gasteiger partial charge in [-0.1, -0.05) is 48.5 Å². The molecule has 2 rings (SSSR count). The van der Waals surface area contributed by atoms with Crippen LogP contribution in [0.1, 0.15) is 5.56 Å². The molecule has 0 aliphatic heterocycles. The first-order chi connectivity index (χ1) is 7.27. The van der Waals surface area contributed by atoms with Crippen LogP contribution in [0, 0.1) is 0 Å². The number of halogens is 2. The first kappa shape index (κ1) is 10.0. The summed E-state index contributed by atoms with van der Waals surface area (Å²) < 4.78 is 24.3. The summed E-state index contributed by atoms with van der Waals surface area (Å²) in [7, 11) is -3.60. The van der Waals surface area contributed by atoms with E-state index >= 15 is 0 Å². The Balaban J connectivity index is 2.51. The Labute approximate surface area is 88.8 Å². The van der Waals surface area contributed by atoms with Gasteiger partial charge in [-0.3, -0.25) is 8.22 Å². The highest BCUT2D eigenvalue weighted by Crippen LogP contribution is 2.19. The molecule has 2 aromatic rings. The third kappa shape index (κ3) is 2.30. The van der Waals surface area contributed by atoms with Gasteiger partial charge in [0.1, 0.15) is 0 Å². The van der Waals surface area contributed by atoms with E-state index in [2.05, 4.69) is 0 Å². The molecule has 76 valence electrons. The van der Waals surface area contributed by atoms with E-state index in [4.69, 9.17) is 0 Å². The minimum atomic E-state index is -3.60. The van der Waals surface area contributed by atoms with Crippen molar-refractivity contribution in [3.8, 4) is 0 Å². The fourth-order valence-corrected chi connectivity index (χ4v) is 1.93. The topological polar surface area (TPSA) is 0 Å². The standard InChI is InChI=1S/C12H10F2Si/c13-15(14)9-8-11-6-3-5-10-4-1-2-7-12(10)11/h1-9,15H. The van der Waals surface area contributed by atoms with E-state index in [1.54, 1.807) is 0 Å². The molecule has 0 nitrogen and oxygen atoms in total. The van der Waals surface area contributed by atoms with Gasteiger partial charge in [0.05, 0.1) is 0 Å². The van der Waals surface area contributed by atoms with Crippen molar-refractivity contribution >= 4 is 26.3 Å². The molecule has 0 heterocycles. The largest absolute Gasteiger partial charge is 0.434 e. The molecule has 0 aromatic heterocycles. The van der Waals surface area contributed by atoms with Gasteiger partial charge in [-0.25, -0.2) is 0 Å². The van der Waals surface area contributed by atoms with Gasteiger partial charge in [0.2, 0.25) is 0 Å². The molecular weight excluding hydrogens is 210 g/mol. The summed E-state index contributed by atoms with van der Waals surface area (Å²) in [5.74, 6) is 0. The first-order valence-electron chi connectivity index (χ1n) is 4.71. The van der Waals surface area contributed by atoms with Crippen LogP contribution in [0.25, 0.3) is 16.8 Å². The van der Waals surface area contributed by atoms with Crippen LogP contribution in [0.4, 0.5) is 8.22 Å². The van der Waals surface area contributed by atoms with Gasteiger partial charge in [0, 0.05) is 0 Å². The van der Waals surface area contributed by atoms with Crippen LogP contribution >= 0.6 is 0 Å². The summed E-state index contributed by atoms with van der Waals surface area (Å²) in [6.07, 6.45) is 1.53. The van der Waals surface area contributed by atoms with Crippen molar-refractivity contribution in [2.45, 2.75) is 0 Å². The molecule has 0 aliphatic rings. The van der Waals surface area contributed by atoms with Crippen LogP contribution in [-0.2, 0) is 0 Å². The van der Waals surface area contributed by atoms with Crippen molar-refractivity contribution in [1.29, 1.82) is 0 Å². The fourth-order valence-electron chi connectivity index (χ4n) is 1.57. The van der Waals surface area contributed by atoms with Crippen molar-refractivity contribution in [2.24, 2.45) is 0 Å². The number of benzene rings is 2. The number of hydrogen-bond donors (Lipinski definition) is 0. The Morgan fingerprint density at radius 2 is 1.67 bits per heavy atom. The SMILES string of the molecule is F[SiH](F)C=Cc1cccc2ccccc12. The maximum atomic E-state index is 12.2. The van der Waals surface area contributed by atoms with Crippen molar-refractivity contribution in [1.82, 2.24) is 0 Å². The molecule has 0 radical (unpaired) electrons. The summed E-state index contributed by atoms with van der Waals surface area (Å²) in [5, 5.41) is 2.10. The van der Waals surface area contributed by atoms with E-state index in [1.807, 2.05) is 42.5 Å². The minimum Gasteiger partial charge on any atom is -0.269 e. The van der Waals surface area contributed by atoms with Crippen LogP contribution in [0.5, 0.6) is 0 Å². The predicted octanol–water partition coefficient (Wildman–Crippen LogP) is 3.55. The highest BCUT2D eigenvalue weighted by molar-refractivity contribution is 6.50. The molecule has 0 bridgehead atoms. The molecule has 0 spiro atoms. The van der Waals surface area contributed by atoms with Crippen LogP contribution in [0.15, 0.2) is 48.2 Å². The van der Waals surface area contributed by atoms with Gasteiger partial charge in [-0.2, -0.15) is 0 Å². The second-order valence-electron chi connectivity index (χ2n) is 3.26. The molecular formula is C12H10F2Si. The Morgan fingerprint density at radius 1 is 0.933 bits per heavy atom. The molecule has 0 amide bonds. The monoisotopic (exact) mass is 220 g/mol. The Morgan fingerprint density at radius 3 is 2.47 bits per heavy atom. The quantitative estimate of drug-likeness (QED) is 0.536. The molecule has 0 atom stereocenters. The van der Waals surface area contributed by atoms with Crippen molar-refractivity contribution in [3.63, 3.8) is 0 Å². The van der Waals surface area contributed by atoms with E-state index < -0.39 is 9.46 Å². The lowest BCUT2D eigenvalue weighted by atomic mass is 10.1. The highest BCUT2D eigenvalue weighted by Gasteiger charge is 2.01. The lowest BCUT2D eigenvalue weighted by Gasteiger charge is -2.01. The fraction of sp³-hybridized carbons (Fsp3) is 0. The number of fused-ring (bicyclic) bond motifs is 1. The predicted molar refractivity (Wildman–Crippen MR) is 62.3 cm³/mol. The van der Waals surface area contributed by atoms with Gasteiger partial charge < -0.3 is 0 Å². The third-order valence-electron chi connectivity index (χ3n) is 2.24. The van der Waals surface area contributed by atoms with E-state index in [0.29, 0.717) is 0 Å². The average molecular weight is 220 g/mol. The second-order valence-corrected chi connectivity index (χ2v) is 4.32. The van der Waals surface area contributed by atoms with E-state index in [9.17, 15) is 8.22 Å². The minimum absolute atomic E-state index is 0.862. The average Bonchev–Trinajstić information content (AvgIpc) is 2.26. The highest BCUT2D eigenvalue weighted by atomic mass is 28.4. The smallest absolute Gasteiger partial charge is 0.269 e. The molecule has 2 aromatic carbocycles. The molecule has 0 fully saturated rings. The van der Waals surface area contributed by atoms with Crippen LogP contribution in [0.2, 0.25) is 0 Å². The Bertz CT molecular complexity index is 486. The van der Waals surface area contributed by atoms with Crippen LogP contribution in [-0.4, -0.2) is 9.46 Å². The first-order valence-corrected chi connectivity index (χ1v) is 6.25. The zero-order valence-electron chi connectivity index (χ0n) is 8.03. The zero-order chi connectivity index (χ0) is 10.7. The number of hydrogen-bond acceptors (Lipinski definition) is 0. The van der Waals surface area contributed by atoms with Gasteiger partial charge in [0.15, 0.2) is 0 Å². The normalized spacial score (nSPS) is 11.7.